The molecule has 2 saturated heterocycles. The lowest BCUT2D eigenvalue weighted by molar-refractivity contribution is -0.00617. The van der Waals surface area contributed by atoms with Gasteiger partial charge in [-0.3, -0.25) is 9.80 Å². The van der Waals surface area contributed by atoms with Gasteiger partial charge in [-0.1, -0.05) is 13.8 Å². The number of ether oxygens (including phenoxy) is 1. The first-order valence-electron chi connectivity index (χ1n) is 8.41. The average Bonchev–Trinajstić information content (AvgIpc) is 3.06. The predicted molar refractivity (Wildman–Crippen MR) is 90.3 cm³/mol. The van der Waals surface area contributed by atoms with Gasteiger partial charge in [-0.25, -0.2) is 0 Å². The van der Waals surface area contributed by atoms with Crippen molar-refractivity contribution in [1.82, 2.24) is 9.80 Å². The molecular weight excluding hydrogens is 296 g/mol. The zero-order chi connectivity index (χ0) is 15.5. The summed E-state index contributed by atoms with van der Waals surface area (Å²) in [5.41, 5.74) is 0. The molecule has 5 heteroatoms. The third-order valence-corrected chi connectivity index (χ3v) is 5.65. The van der Waals surface area contributed by atoms with Gasteiger partial charge in [-0.15, -0.1) is 11.3 Å². The largest absolute Gasteiger partial charge is 0.390 e. The number of hydrogen-bond acceptors (Lipinski definition) is 5. The lowest BCUT2D eigenvalue weighted by Gasteiger charge is -2.33. The van der Waals surface area contributed by atoms with Crippen LogP contribution in [0.4, 0.5) is 0 Å². The van der Waals surface area contributed by atoms with Crippen LogP contribution in [0.5, 0.6) is 0 Å². The van der Waals surface area contributed by atoms with Crippen LogP contribution in [0.1, 0.15) is 23.6 Å². The van der Waals surface area contributed by atoms with Crippen LogP contribution in [0.25, 0.3) is 0 Å². The average molecular weight is 324 g/mol. The highest BCUT2D eigenvalue weighted by Gasteiger charge is 2.36. The zero-order valence-corrected chi connectivity index (χ0v) is 14.5. The summed E-state index contributed by atoms with van der Waals surface area (Å²) in [4.78, 5) is 7.70. The molecule has 4 nitrogen and oxygen atoms in total. The van der Waals surface area contributed by atoms with Crippen LogP contribution < -0.4 is 0 Å². The SMILES string of the molecule is CC(C)Cc1ccc(CN2C[C@H](O)[C@@H](N3CCOCC3)C2)s1. The minimum absolute atomic E-state index is 0.229. The molecule has 2 aliphatic heterocycles. The molecule has 1 aromatic rings. The number of rotatable bonds is 5. The van der Waals surface area contributed by atoms with Crippen LogP contribution >= 0.6 is 11.3 Å². The standard InChI is InChI=1S/C17H28N2O2S/c1-13(2)9-14-3-4-15(22-14)10-18-11-16(17(20)12-18)19-5-7-21-8-6-19/h3-4,13,16-17,20H,5-12H2,1-2H3/t16-,17-/m0/s1. The van der Waals surface area contributed by atoms with Gasteiger partial charge in [0.1, 0.15) is 0 Å². The molecule has 0 saturated carbocycles. The fourth-order valence-electron chi connectivity index (χ4n) is 3.48. The van der Waals surface area contributed by atoms with Crippen LogP contribution in [0.15, 0.2) is 12.1 Å². The van der Waals surface area contributed by atoms with Crippen molar-refractivity contribution in [2.24, 2.45) is 5.92 Å². The van der Waals surface area contributed by atoms with Crippen molar-refractivity contribution in [1.29, 1.82) is 0 Å². The fourth-order valence-corrected chi connectivity index (χ4v) is 4.76. The third-order valence-electron chi connectivity index (χ3n) is 4.56. The lowest BCUT2D eigenvalue weighted by Crippen LogP contribution is -2.48. The quantitative estimate of drug-likeness (QED) is 0.896. The summed E-state index contributed by atoms with van der Waals surface area (Å²) in [5, 5.41) is 10.4. The van der Waals surface area contributed by atoms with E-state index < -0.39 is 0 Å². The Bertz CT molecular complexity index is 471. The maximum Gasteiger partial charge on any atom is 0.0834 e. The Labute approximate surface area is 137 Å². The second kappa shape index (κ2) is 7.41. The van der Waals surface area contributed by atoms with Gasteiger partial charge in [-0.2, -0.15) is 0 Å². The molecule has 1 aromatic heterocycles. The Morgan fingerprint density at radius 2 is 1.95 bits per heavy atom. The van der Waals surface area contributed by atoms with Crippen LogP contribution in [-0.4, -0.2) is 66.4 Å². The number of β-amino-alcohol motifs (C(OH)–C–C–N with tert-alkyl or cyclic N) is 1. The summed E-state index contributed by atoms with van der Waals surface area (Å²) in [7, 11) is 0. The number of likely N-dealkylation sites (tertiary alicyclic amines) is 1. The molecule has 0 amide bonds. The van der Waals surface area contributed by atoms with Crippen LogP contribution in [0.3, 0.4) is 0 Å². The van der Waals surface area contributed by atoms with E-state index in [1.807, 2.05) is 11.3 Å². The van der Waals surface area contributed by atoms with Crippen molar-refractivity contribution >= 4 is 11.3 Å². The van der Waals surface area contributed by atoms with Gasteiger partial charge >= 0.3 is 0 Å². The molecule has 2 fully saturated rings. The molecule has 1 N–H and O–H groups in total. The highest BCUT2D eigenvalue weighted by Crippen LogP contribution is 2.24. The summed E-state index contributed by atoms with van der Waals surface area (Å²) in [6.45, 7) is 10.8. The molecule has 0 radical (unpaired) electrons. The van der Waals surface area contributed by atoms with Gasteiger partial charge in [0, 0.05) is 48.5 Å². The molecule has 0 unspecified atom stereocenters. The van der Waals surface area contributed by atoms with Gasteiger partial charge in [0.05, 0.1) is 19.3 Å². The highest BCUT2D eigenvalue weighted by atomic mass is 32.1. The van der Waals surface area contributed by atoms with Crippen molar-refractivity contribution in [2.45, 2.75) is 39.0 Å². The summed E-state index contributed by atoms with van der Waals surface area (Å²) in [6, 6.07) is 4.81. The first-order valence-corrected chi connectivity index (χ1v) is 9.23. The molecular formula is C17H28N2O2S. The minimum atomic E-state index is -0.229. The Morgan fingerprint density at radius 1 is 1.23 bits per heavy atom. The van der Waals surface area contributed by atoms with Crippen molar-refractivity contribution in [3.05, 3.63) is 21.9 Å². The molecule has 2 atom stereocenters. The van der Waals surface area contributed by atoms with Gasteiger partial charge < -0.3 is 9.84 Å². The first-order chi connectivity index (χ1) is 10.6. The fraction of sp³-hybridized carbons (Fsp3) is 0.765. The molecule has 22 heavy (non-hydrogen) atoms. The number of nitrogens with zero attached hydrogens (tertiary/aromatic N) is 2. The summed E-state index contributed by atoms with van der Waals surface area (Å²) in [6.07, 6.45) is 0.942. The predicted octanol–water partition coefficient (Wildman–Crippen LogP) is 1.82. The van der Waals surface area contributed by atoms with Crippen LogP contribution in [-0.2, 0) is 17.7 Å². The number of thiophene rings is 1. The molecule has 3 rings (SSSR count). The molecule has 0 aromatic carbocycles. The maximum atomic E-state index is 10.4. The Kier molecular flexibility index (Phi) is 5.52. The van der Waals surface area contributed by atoms with Gasteiger partial charge in [0.25, 0.3) is 0 Å². The van der Waals surface area contributed by atoms with E-state index in [1.165, 1.54) is 16.2 Å². The number of aliphatic hydroxyl groups excluding tert-OH is 1. The van der Waals surface area contributed by atoms with Crippen molar-refractivity contribution < 1.29 is 9.84 Å². The molecule has 0 bridgehead atoms. The summed E-state index contributed by atoms with van der Waals surface area (Å²) < 4.78 is 5.42. The van der Waals surface area contributed by atoms with E-state index in [9.17, 15) is 5.11 Å². The van der Waals surface area contributed by atoms with Gasteiger partial charge in [0.2, 0.25) is 0 Å². The van der Waals surface area contributed by atoms with Crippen molar-refractivity contribution in [3.63, 3.8) is 0 Å². The maximum absolute atomic E-state index is 10.4. The Balaban J connectivity index is 1.54. The summed E-state index contributed by atoms with van der Waals surface area (Å²) in [5.74, 6) is 0.714. The smallest absolute Gasteiger partial charge is 0.0834 e. The zero-order valence-electron chi connectivity index (χ0n) is 13.7. The van der Waals surface area contributed by atoms with E-state index in [2.05, 4.69) is 35.8 Å². The van der Waals surface area contributed by atoms with Crippen LogP contribution in [0, 0.1) is 5.92 Å². The Morgan fingerprint density at radius 3 is 2.68 bits per heavy atom. The molecule has 124 valence electrons. The molecule has 0 aliphatic carbocycles. The van der Waals surface area contributed by atoms with Gasteiger partial charge in [0.15, 0.2) is 0 Å². The van der Waals surface area contributed by atoms with Crippen molar-refractivity contribution in [3.8, 4) is 0 Å². The normalized spacial score (nSPS) is 27.8. The third kappa shape index (κ3) is 4.09. The van der Waals surface area contributed by atoms with E-state index in [1.54, 1.807) is 0 Å². The van der Waals surface area contributed by atoms with E-state index in [0.717, 1.165) is 45.9 Å². The molecule has 2 aliphatic rings. The van der Waals surface area contributed by atoms with E-state index >= 15 is 0 Å². The first kappa shape index (κ1) is 16.4. The topological polar surface area (TPSA) is 35.9 Å². The number of hydrogen-bond donors (Lipinski definition) is 1. The second-order valence-corrected chi connectivity index (χ2v) is 8.20. The lowest BCUT2D eigenvalue weighted by atomic mass is 10.1. The van der Waals surface area contributed by atoms with E-state index in [0.29, 0.717) is 5.92 Å². The Hall–Kier alpha value is -0.460. The number of morpholine rings is 1. The second-order valence-electron chi connectivity index (χ2n) is 6.94. The highest BCUT2D eigenvalue weighted by molar-refractivity contribution is 7.11. The van der Waals surface area contributed by atoms with Gasteiger partial charge in [-0.05, 0) is 24.5 Å². The monoisotopic (exact) mass is 324 g/mol. The van der Waals surface area contributed by atoms with E-state index in [-0.39, 0.29) is 12.1 Å². The molecule has 3 heterocycles. The number of aliphatic hydroxyl groups is 1. The summed E-state index contributed by atoms with van der Waals surface area (Å²) >= 11 is 1.93. The minimum Gasteiger partial charge on any atom is -0.390 e. The van der Waals surface area contributed by atoms with Crippen LogP contribution in [0.2, 0.25) is 0 Å². The molecule has 0 spiro atoms. The van der Waals surface area contributed by atoms with Crippen molar-refractivity contribution in [2.75, 3.05) is 39.4 Å². The van der Waals surface area contributed by atoms with E-state index in [4.69, 9.17) is 4.74 Å².